The number of carbonyl (C=O) groups is 1. The predicted molar refractivity (Wildman–Crippen MR) is 118 cm³/mol. The molecule has 2 aromatic rings. The molecule has 2 fully saturated rings. The average molecular weight is 408 g/mol. The Balaban J connectivity index is 1.24. The molecule has 0 aliphatic carbocycles. The largest absolute Gasteiger partial charge is 0.350 e. The minimum atomic E-state index is 0.0950. The third-order valence-electron chi connectivity index (χ3n) is 6.60. The molecule has 0 radical (unpaired) electrons. The van der Waals surface area contributed by atoms with Gasteiger partial charge in [-0.2, -0.15) is 0 Å². The molecule has 0 bridgehead atoms. The van der Waals surface area contributed by atoms with Crippen LogP contribution in [0, 0.1) is 12.8 Å². The van der Waals surface area contributed by atoms with Gasteiger partial charge in [-0.15, -0.1) is 0 Å². The molecular formula is C24H33N5O. The van der Waals surface area contributed by atoms with Gasteiger partial charge in [0.25, 0.3) is 0 Å². The van der Waals surface area contributed by atoms with Gasteiger partial charge < -0.3 is 5.32 Å². The lowest BCUT2D eigenvalue weighted by atomic mass is 9.93. The molecular weight excluding hydrogens is 374 g/mol. The van der Waals surface area contributed by atoms with Crippen LogP contribution < -0.4 is 5.32 Å². The highest BCUT2D eigenvalue weighted by Crippen LogP contribution is 2.24. The van der Waals surface area contributed by atoms with Crippen molar-refractivity contribution in [2.75, 3.05) is 26.2 Å². The highest BCUT2D eigenvalue weighted by atomic mass is 16.1. The molecule has 2 aliphatic heterocycles. The van der Waals surface area contributed by atoms with Crippen molar-refractivity contribution in [1.82, 2.24) is 25.1 Å². The fourth-order valence-electron chi connectivity index (χ4n) is 4.76. The molecule has 2 aromatic heterocycles. The van der Waals surface area contributed by atoms with E-state index >= 15 is 0 Å². The fraction of sp³-hybridized carbons (Fsp3) is 0.542. The number of likely N-dealkylation sites (tertiary alicyclic amines) is 2. The first-order valence-corrected chi connectivity index (χ1v) is 11.2. The molecule has 0 spiro atoms. The van der Waals surface area contributed by atoms with Crippen molar-refractivity contribution >= 4 is 5.91 Å². The van der Waals surface area contributed by atoms with Gasteiger partial charge in [0, 0.05) is 37.7 Å². The van der Waals surface area contributed by atoms with Crippen LogP contribution in [0.3, 0.4) is 0 Å². The summed E-state index contributed by atoms with van der Waals surface area (Å²) in [5.41, 5.74) is 3.42. The van der Waals surface area contributed by atoms with Gasteiger partial charge in [0.2, 0.25) is 5.91 Å². The van der Waals surface area contributed by atoms with Gasteiger partial charge in [-0.25, -0.2) is 0 Å². The Kier molecular flexibility index (Phi) is 7.07. The molecule has 1 atom stereocenters. The number of hydrogen-bond donors (Lipinski definition) is 1. The Morgan fingerprint density at radius 2 is 1.90 bits per heavy atom. The highest BCUT2D eigenvalue weighted by Gasteiger charge is 2.31. The van der Waals surface area contributed by atoms with Gasteiger partial charge in [-0.3, -0.25) is 24.6 Å². The van der Waals surface area contributed by atoms with Crippen molar-refractivity contribution < 1.29 is 4.79 Å². The lowest BCUT2D eigenvalue weighted by molar-refractivity contribution is -0.127. The summed E-state index contributed by atoms with van der Waals surface area (Å²) < 4.78 is 0. The summed E-state index contributed by atoms with van der Waals surface area (Å²) in [5.74, 6) is 0.275. The Morgan fingerprint density at radius 3 is 2.67 bits per heavy atom. The van der Waals surface area contributed by atoms with Crippen LogP contribution in [0.25, 0.3) is 0 Å². The first-order valence-electron chi connectivity index (χ1n) is 11.2. The van der Waals surface area contributed by atoms with Gasteiger partial charge in [0.05, 0.1) is 18.2 Å². The maximum Gasteiger partial charge on any atom is 0.224 e. The molecule has 6 nitrogen and oxygen atoms in total. The minimum Gasteiger partial charge on any atom is -0.350 e. The number of nitrogens with one attached hydrogen (secondary N) is 1. The normalized spacial score (nSPS) is 21.4. The molecule has 1 N–H and O–H groups in total. The van der Waals surface area contributed by atoms with Crippen LogP contribution in [-0.4, -0.2) is 57.9 Å². The number of aryl methyl sites for hydroxylation is 1. The second-order valence-corrected chi connectivity index (χ2v) is 8.68. The third-order valence-corrected chi connectivity index (χ3v) is 6.60. The van der Waals surface area contributed by atoms with E-state index in [4.69, 9.17) is 0 Å². The zero-order valence-electron chi connectivity index (χ0n) is 18.0. The van der Waals surface area contributed by atoms with Gasteiger partial charge in [0.1, 0.15) is 0 Å². The lowest BCUT2D eigenvalue weighted by Crippen LogP contribution is -2.50. The minimum absolute atomic E-state index is 0.0950. The van der Waals surface area contributed by atoms with Crippen molar-refractivity contribution in [3.8, 4) is 0 Å². The summed E-state index contributed by atoms with van der Waals surface area (Å²) in [7, 11) is 0. The van der Waals surface area contributed by atoms with E-state index in [0.29, 0.717) is 12.6 Å². The predicted octanol–water partition coefficient (Wildman–Crippen LogP) is 2.78. The standard InChI is InChI=1S/C24H33N5O/c1-19-4-2-10-26-23(19)16-27-24(30)21-5-3-13-29(18-21)22-8-14-28(15-9-22)17-20-6-11-25-12-7-20/h2,4,6-7,10-12,21-22H,3,5,8-9,13-18H2,1H3,(H,27,30)/t21-/m0/s1. The molecule has 2 saturated heterocycles. The van der Waals surface area contributed by atoms with Crippen molar-refractivity contribution in [1.29, 1.82) is 0 Å². The van der Waals surface area contributed by atoms with Gasteiger partial charge in [0.15, 0.2) is 0 Å². The first-order chi connectivity index (χ1) is 14.7. The van der Waals surface area contributed by atoms with E-state index in [1.165, 1.54) is 18.4 Å². The number of nitrogens with zero attached hydrogens (tertiary/aromatic N) is 4. The smallest absolute Gasteiger partial charge is 0.224 e. The lowest BCUT2D eigenvalue weighted by Gasteiger charge is -2.42. The van der Waals surface area contributed by atoms with E-state index < -0.39 is 0 Å². The van der Waals surface area contributed by atoms with E-state index in [9.17, 15) is 4.79 Å². The molecule has 0 unspecified atom stereocenters. The van der Waals surface area contributed by atoms with Gasteiger partial charge in [-0.1, -0.05) is 6.07 Å². The number of piperidine rings is 2. The van der Waals surface area contributed by atoms with Crippen molar-refractivity contribution in [2.24, 2.45) is 5.92 Å². The second kappa shape index (κ2) is 10.1. The number of pyridine rings is 2. The summed E-state index contributed by atoms with van der Waals surface area (Å²) in [5, 5.41) is 3.13. The maximum atomic E-state index is 12.8. The topological polar surface area (TPSA) is 61.4 Å². The fourth-order valence-corrected chi connectivity index (χ4v) is 4.76. The Morgan fingerprint density at radius 1 is 1.10 bits per heavy atom. The van der Waals surface area contributed by atoms with Crippen LogP contribution in [0.2, 0.25) is 0 Å². The number of rotatable bonds is 6. The zero-order valence-corrected chi connectivity index (χ0v) is 18.0. The second-order valence-electron chi connectivity index (χ2n) is 8.68. The maximum absolute atomic E-state index is 12.8. The summed E-state index contributed by atoms with van der Waals surface area (Å²) in [6.07, 6.45) is 10.0. The van der Waals surface area contributed by atoms with E-state index in [-0.39, 0.29) is 11.8 Å². The molecule has 30 heavy (non-hydrogen) atoms. The van der Waals surface area contributed by atoms with Crippen LogP contribution in [0.15, 0.2) is 42.9 Å². The van der Waals surface area contributed by atoms with Gasteiger partial charge >= 0.3 is 0 Å². The van der Waals surface area contributed by atoms with Crippen LogP contribution in [0.5, 0.6) is 0 Å². The molecule has 0 saturated carbocycles. The Labute approximate surface area is 179 Å². The Bertz CT molecular complexity index is 819. The van der Waals surface area contributed by atoms with E-state index in [2.05, 4.69) is 37.2 Å². The van der Waals surface area contributed by atoms with Crippen LogP contribution >= 0.6 is 0 Å². The van der Waals surface area contributed by atoms with Crippen molar-refractivity contribution in [3.05, 3.63) is 59.7 Å². The van der Waals surface area contributed by atoms with E-state index in [1.807, 2.05) is 31.5 Å². The number of hydrogen-bond acceptors (Lipinski definition) is 5. The monoisotopic (exact) mass is 407 g/mol. The Hall–Kier alpha value is -2.31. The van der Waals surface area contributed by atoms with E-state index in [0.717, 1.165) is 56.8 Å². The zero-order chi connectivity index (χ0) is 20.8. The highest BCUT2D eigenvalue weighted by molar-refractivity contribution is 5.78. The molecule has 160 valence electrons. The number of aromatic nitrogens is 2. The van der Waals surface area contributed by atoms with Crippen molar-refractivity contribution in [2.45, 2.75) is 51.7 Å². The van der Waals surface area contributed by atoms with Crippen LogP contribution in [-0.2, 0) is 17.9 Å². The van der Waals surface area contributed by atoms with Crippen LogP contribution in [0.4, 0.5) is 0 Å². The van der Waals surface area contributed by atoms with Gasteiger partial charge in [-0.05, 0) is 81.6 Å². The molecule has 0 aromatic carbocycles. The quantitative estimate of drug-likeness (QED) is 0.798. The summed E-state index contributed by atoms with van der Waals surface area (Å²) >= 11 is 0. The summed E-state index contributed by atoms with van der Waals surface area (Å²) in [6, 6.07) is 8.78. The SMILES string of the molecule is Cc1cccnc1CNC(=O)[C@H]1CCCN(C2CCN(Cc3ccncc3)CC2)C1. The molecule has 1 amide bonds. The first kappa shape index (κ1) is 20.9. The third kappa shape index (κ3) is 5.43. The number of amides is 1. The summed E-state index contributed by atoms with van der Waals surface area (Å²) in [6.45, 7) is 7.83. The van der Waals surface area contributed by atoms with Crippen molar-refractivity contribution in [3.63, 3.8) is 0 Å². The molecule has 6 heteroatoms. The average Bonchev–Trinajstić information content (AvgIpc) is 2.80. The van der Waals surface area contributed by atoms with E-state index in [1.54, 1.807) is 6.20 Å². The molecule has 4 heterocycles. The number of carbonyl (C=O) groups excluding carboxylic acids is 1. The molecule has 4 rings (SSSR count). The van der Waals surface area contributed by atoms with Crippen LogP contribution in [0.1, 0.15) is 42.5 Å². The summed E-state index contributed by atoms with van der Waals surface area (Å²) in [4.78, 5) is 26.4. The molecule has 2 aliphatic rings.